The number of carbonyl (C=O) groups excluding carboxylic acids is 1. The highest BCUT2D eigenvalue weighted by Crippen LogP contribution is 2.34. The zero-order valence-corrected chi connectivity index (χ0v) is 22.2. The van der Waals surface area contributed by atoms with Gasteiger partial charge in [-0.05, 0) is 65.7 Å². The lowest BCUT2D eigenvalue weighted by Gasteiger charge is -2.17. The Morgan fingerprint density at radius 1 is 1.06 bits per heavy atom. The number of thiazole rings is 1. The lowest BCUT2D eigenvalue weighted by Crippen LogP contribution is -2.30. The zero-order chi connectivity index (χ0) is 24.7. The van der Waals surface area contributed by atoms with Gasteiger partial charge in [0.25, 0.3) is 15.9 Å². The van der Waals surface area contributed by atoms with Gasteiger partial charge in [-0.1, -0.05) is 17.7 Å². The molecular weight excluding hydrogens is 456 g/mol. The topological polar surface area (TPSA) is 84.3 Å². The molecule has 3 aromatic rings. The standard InChI is InChI=1S/C24H32N4O3S2/c1-9-28(10-2)24(29)22-17(6)25-23(32-22)19-13-20(18(7)27(19)8)33(30,31)26-21-15(4)11-14(3)12-16(21)5/h11-13,26H,9-10H2,1-8H3. The normalized spacial score (nSPS) is 11.6. The van der Waals surface area contributed by atoms with Gasteiger partial charge in [-0.25, -0.2) is 13.4 Å². The Morgan fingerprint density at radius 2 is 1.64 bits per heavy atom. The van der Waals surface area contributed by atoms with E-state index in [0.29, 0.717) is 45.7 Å². The highest BCUT2D eigenvalue weighted by Gasteiger charge is 2.26. The van der Waals surface area contributed by atoms with Gasteiger partial charge < -0.3 is 9.47 Å². The van der Waals surface area contributed by atoms with Crippen molar-refractivity contribution in [2.75, 3.05) is 17.8 Å². The second-order valence-corrected chi connectivity index (χ2v) is 11.0. The molecule has 0 unspecified atom stereocenters. The third-order valence-electron chi connectivity index (χ3n) is 5.95. The van der Waals surface area contributed by atoms with Crippen molar-refractivity contribution < 1.29 is 13.2 Å². The Morgan fingerprint density at radius 3 is 2.18 bits per heavy atom. The molecule has 0 radical (unpaired) electrons. The van der Waals surface area contributed by atoms with Gasteiger partial charge in [-0.2, -0.15) is 0 Å². The molecular formula is C24H32N4O3S2. The fourth-order valence-corrected chi connectivity index (χ4v) is 6.62. The molecule has 1 amide bonds. The van der Waals surface area contributed by atoms with Gasteiger partial charge in [0, 0.05) is 25.8 Å². The van der Waals surface area contributed by atoms with Crippen LogP contribution in [0.1, 0.15) is 51.6 Å². The van der Waals surface area contributed by atoms with Crippen LogP contribution in [-0.2, 0) is 17.1 Å². The second kappa shape index (κ2) is 9.30. The third-order valence-corrected chi connectivity index (χ3v) is 8.59. The monoisotopic (exact) mass is 488 g/mol. The SMILES string of the molecule is CCN(CC)C(=O)c1sc(-c2cc(S(=O)(=O)Nc3c(C)cc(C)cc3C)c(C)n2C)nc1C. The maximum absolute atomic E-state index is 13.4. The van der Waals surface area contributed by atoms with Crippen LogP contribution in [-0.4, -0.2) is 41.9 Å². The van der Waals surface area contributed by atoms with Crippen LogP contribution in [0.4, 0.5) is 5.69 Å². The Balaban J connectivity index is 2.03. The number of hydrogen-bond donors (Lipinski definition) is 1. The first-order valence-electron chi connectivity index (χ1n) is 10.9. The zero-order valence-electron chi connectivity index (χ0n) is 20.5. The van der Waals surface area contributed by atoms with E-state index in [-0.39, 0.29) is 10.8 Å². The van der Waals surface area contributed by atoms with Crippen LogP contribution in [0.2, 0.25) is 0 Å². The summed E-state index contributed by atoms with van der Waals surface area (Å²) in [5.41, 5.74) is 5.35. The molecule has 0 saturated heterocycles. The number of rotatable bonds is 7. The van der Waals surface area contributed by atoms with E-state index in [4.69, 9.17) is 0 Å². The quantitative estimate of drug-likeness (QED) is 0.509. The lowest BCUT2D eigenvalue weighted by atomic mass is 10.1. The highest BCUT2D eigenvalue weighted by atomic mass is 32.2. The molecule has 0 aliphatic rings. The molecule has 2 heterocycles. The molecule has 7 nitrogen and oxygen atoms in total. The third kappa shape index (κ3) is 4.70. The minimum Gasteiger partial charge on any atom is -0.345 e. The maximum atomic E-state index is 13.4. The number of carbonyl (C=O) groups is 1. The fraction of sp³-hybridized carbons (Fsp3) is 0.417. The number of nitrogens with zero attached hydrogens (tertiary/aromatic N) is 3. The van der Waals surface area contributed by atoms with Crippen molar-refractivity contribution >= 4 is 33.0 Å². The predicted octanol–water partition coefficient (Wildman–Crippen LogP) is 4.97. The summed E-state index contributed by atoms with van der Waals surface area (Å²) in [5.74, 6) is -0.0491. The van der Waals surface area contributed by atoms with Crippen LogP contribution in [0.5, 0.6) is 0 Å². The molecule has 1 N–H and O–H groups in total. The van der Waals surface area contributed by atoms with Crippen molar-refractivity contribution in [2.24, 2.45) is 7.05 Å². The van der Waals surface area contributed by atoms with Crippen LogP contribution in [0.3, 0.4) is 0 Å². The molecule has 178 valence electrons. The number of benzene rings is 1. The highest BCUT2D eigenvalue weighted by molar-refractivity contribution is 7.92. The molecule has 0 aliphatic carbocycles. The smallest absolute Gasteiger partial charge is 0.265 e. The molecule has 2 aromatic heterocycles. The predicted molar refractivity (Wildman–Crippen MR) is 135 cm³/mol. The minimum atomic E-state index is -3.82. The molecule has 33 heavy (non-hydrogen) atoms. The van der Waals surface area contributed by atoms with E-state index in [2.05, 4.69) is 9.71 Å². The first-order chi connectivity index (χ1) is 15.4. The van der Waals surface area contributed by atoms with Crippen LogP contribution in [0.25, 0.3) is 10.7 Å². The summed E-state index contributed by atoms with van der Waals surface area (Å²) in [6, 6.07) is 5.56. The van der Waals surface area contributed by atoms with Crippen molar-refractivity contribution in [2.45, 2.75) is 53.4 Å². The number of aryl methyl sites for hydroxylation is 4. The Hall–Kier alpha value is -2.65. The Labute approximate surface area is 200 Å². The summed E-state index contributed by atoms with van der Waals surface area (Å²) < 4.78 is 31.3. The first-order valence-corrected chi connectivity index (χ1v) is 13.2. The van der Waals surface area contributed by atoms with Crippen molar-refractivity contribution in [3.63, 3.8) is 0 Å². The van der Waals surface area contributed by atoms with E-state index in [1.807, 2.05) is 65.3 Å². The average Bonchev–Trinajstić information content (AvgIpc) is 3.26. The summed E-state index contributed by atoms with van der Waals surface area (Å²) in [4.78, 5) is 20.0. The number of aromatic nitrogens is 2. The summed E-state index contributed by atoms with van der Waals surface area (Å²) in [5, 5.41) is 0.623. The van der Waals surface area contributed by atoms with Crippen molar-refractivity contribution in [1.82, 2.24) is 14.5 Å². The molecule has 0 atom stereocenters. The molecule has 0 bridgehead atoms. The number of anilines is 1. The Kier molecular flexibility index (Phi) is 7.04. The lowest BCUT2D eigenvalue weighted by molar-refractivity contribution is 0.0777. The van der Waals surface area contributed by atoms with E-state index in [1.165, 1.54) is 11.3 Å². The average molecular weight is 489 g/mol. The van der Waals surface area contributed by atoms with E-state index < -0.39 is 10.0 Å². The number of sulfonamides is 1. The molecule has 1 aromatic carbocycles. The largest absolute Gasteiger partial charge is 0.345 e. The summed E-state index contributed by atoms with van der Waals surface area (Å²) in [6.45, 7) is 14.5. The maximum Gasteiger partial charge on any atom is 0.265 e. The summed E-state index contributed by atoms with van der Waals surface area (Å²) in [6.07, 6.45) is 0. The minimum absolute atomic E-state index is 0.0491. The number of nitrogens with one attached hydrogen (secondary N) is 1. The fourth-order valence-electron chi connectivity index (χ4n) is 4.04. The van der Waals surface area contributed by atoms with Gasteiger partial charge in [0.15, 0.2) is 0 Å². The van der Waals surface area contributed by atoms with Crippen molar-refractivity contribution in [1.29, 1.82) is 0 Å². The van der Waals surface area contributed by atoms with Crippen LogP contribution < -0.4 is 4.72 Å². The molecule has 0 spiro atoms. The summed E-state index contributed by atoms with van der Waals surface area (Å²) in [7, 11) is -2.01. The van der Waals surface area contributed by atoms with Gasteiger partial charge in [0.2, 0.25) is 0 Å². The van der Waals surface area contributed by atoms with Crippen LogP contribution >= 0.6 is 11.3 Å². The van der Waals surface area contributed by atoms with E-state index in [1.54, 1.807) is 17.9 Å². The number of hydrogen-bond acceptors (Lipinski definition) is 5. The molecule has 0 fully saturated rings. The first kappa shape index (κ1) is 25.0. The van der Waals surface area contributed by atoms with Gasteiger partial charge in [0.1, 0.15) is 14.8 Å². The molecule has 0 saturated carbocycles. The molecule has 0 aliphatic heterocycles. The van der Waals surface area contributed by atoms with E-state index >= 15 is 0 Å². The van der Waals surface area contributed by atoms with Gasteiger partial charge in [-0.3, -0.25) is 9.52 Å². The molecule has 9 heteroatoms. The summed E-state index contributed by atoms with van der Waals surface area (Å²) >= 11 is 1.30. The van der Waals surface area contributed by atoms with Crippen molar-refractivity contribution in [3.8, 4) is 10.7 Å². The number of amides is 1. The Bertz CT molecular complexity index is 1290. The second-order valence-electron chi connectivity index (χ2n) is 8.33. The van der Waals surface area contributed by atoms with Gasteiger partial charge >= 0.3 is 0 Å². The van der Waals surface area contributed by atoms with Gasteiger partial charge in [0.05, 0.1) is 17.1 Å². The molecule has 3 rings (SSSR count). The van der Waals surface area contributed by atoms with Crippen LogP contribution in [0, 0.1) is 34.6 Å². The van der Waals surface area contributed by atoms with Crippen LogP contribution in [0.15, 0.2) is 23.1 Å². The van der Waals surface area contributed by atoms with E-state index in [0.717, 1.165) is 16.7 Å². The van der Waals surface area contributed by atoms with Crippen molar-refractivity contribution in [3.05, 3.63) is 51.2 Å². The van der Waals surface area contributed by atoms with E-state index in [9.17, 15) is 13.2 Å². The van der Waals surface area contributed by atoms with Gasteiger partial charge in [-0.15, -0.1) is 11.3 Å².